The Morgan fingerprint density at radius 1 is 1.24 bits per heavy atom. The molecule has 21 heavy (non-hydrogen) atoms. The summed E-state index contributed by atoms with van der Waals surface area (Å²) in [6.07, 6.45) is 0. The molecule has 0 heterocycles. The Morgan fingerprint density at radius 2 is 1.86 bits per heavy atom. The number of carboxylic acid groups (broad SMARTS) is 1. The number of aliphatic carboxylic acids is 1. The summed E-state index contributed by atoms with van der Waals surface area (Å²) in [4.78, 5) is 23.4. The molecule has 1 aliphatic rings. The molecule has 1 aromatic rings. The van der Waals surface area contributed by atoms with E-state index in [1.54, 1.807) is 26.0 Å². The second-order valence-electron chi connectivity index (χ2n) is 6.54. The fourth-order valence-electron chi connectivity index (χ4n) is 2.81. The van der Waals surface area contributed by atoms with E-state index < -0.39 is 23.2 Å². The highest BCUT2D eigenvalue weighted by atomic mass is 16.4. The standard InChI is InChI=1S/C16H21NO4/c1-8(2)9-5-6-11(18)10(7-9)17-14(19)12-13(15(20)21)16(12,3)4/h5-8,12-13,18H,1-4H3,(H,17,19)(H,20,21)/t12-,13-/m0/s1. The van der Waals surface area contributed by atoms with Gasteiger partial charge in [0.15, 0.2) is 0 Å². The summed E-state index contributed by atoms with van der Waals surface area (Å²) in [5.74, 6) is -2.31. The van der Waals surface area contributed by atoms with Crippen LogP contribution >= 0.6 is 0 Å². The zero-order valence-electron chi connectivity index (χ0n) is 12.7. The van der Waals surface area contributed by atoms with Crippen molar-refractivity contribution in [3.63, 3.8) is 0 Å². The van der Waals surface area contributed by atoms with Crippen LogP contribution in [-0.2, 0) is 9.59 Å². The van der Waals surface area contributed by atoms with E-state index in [0.29, 0.717) is 5.69 Å². The number of amides is 1. The van der Waals surface area contributed by atoms with Gasteiger partial charge >= 0.3 is 5.97 Å². The maximum Gasteiger partial charge on any atom is 0.307 e. The third kappa shape index (κ3) is 2.73. The quantitative estimate of drug-likeness (QED) is 0.744. The van der Waals surface area contributed by atoms with Gasteiger partial charge in [0.2, 0.25) is 5.91 Å². The lowest BCUT2D eigenvalue weighted by Crippen LogP contribution is -2.18. The molecule has 0 aromatic heterocycles. The average molecular weight is 291 g/mol. The number of anilines is 1. The summed E-state index contributed by atoms with van der Waals surface area (Å²) in [7, 11) is 0. The number of carbonyl (C=O) groups excluding carboxylic acids is 1. The molecular weight excluding hydrogens is 270 g/mol. The smallest absolute Gasteiger partial charge is 0.307 e. The van der Waals surface area contributed by atoms with Crippen LogP contribution in [0.4, 0.5) is 5.69 Å². The Morgan fingerprint density at radius 3 is 2.33 bits per heavy atom. The molecule has 1 aliphatic carbocycles. The summed E-state index contributed by atoms with van der Waals surface area (Å²) < 4.78 is 0. The van der Waals surface area contributed by atoms with Gasteiger partial charge < -0.3 is 15.5 Å². The van der Waals surface area contributed by atoms with Crippen LogP contribution in [0, 0.1) is 17.3 Å². The molecule has 1 aromatic carbocycles. The lowest BCUT2D eigenvalue weighted by atomic mass is 10.0. The van der Waals surface area contributed by atoms with Gasteiger partial charge in [0.05, 0.1) is 17.5 Å². The number of rotatable bonds is 4. The van der Waals surface area contributed by atoms with Gasteiger partial charge in [0.1, 0.15) is 5.75 Å². The molecule has 1 saturated carbocycles. The van der Waals surface area contributed by atoms with E-state index in [9.17, 15) is 14.7 Å². The molecule has 114 valence electrons. The van der Waals surface area contributed by atoms with Crippen LogP contribution in [-0.4, -0.2) is 22.1 Å². The zero-order chi connectivity index (χ0) is 15.9. The molecule has 5 heteroatoms. The van der Waals surface area contributed by atoms with Crippen molar-refractivity contribution < 1.29 is 19.8 Å². The highest BCUT2D eigenvalue weighted by Crippen LogP contribution is 2.58. The average Bonchev–Trinajstić information content (AvgIpc) is 2.95. The number of hydrogen-bond acceptors (Lipinski definition) is 3. The predicted molar refractivity (Wildman–Crippen MR) is 79.2 cm³/mol. The third-order valence-corrected chi connectivity index (χ3v) is 4.32. The second-order valence-corrected chi connectivity index (χ2v) is 6.54. The Labute approximate surface area is 124 Å². The van der Waals surface area contributed by atoms with Crippen LogP contribution in [0.25, 0.3) is 0 Å². The van der Waals surface area contributed by atoms with Gasteiger partial charge in [0, 0.05) is 0 Å². The van der Waals surface area contributed by atoms with Gasteiger partial charge in [-0.15, -0.1) is 0 Å². The molecule has 5 nitrogen and oxygen atoms in total. The van der Waals surface area contributed by atoms with Crippen molar-refractivity contribution in [1.29, 1.82) is 0 Å². The first-order chi connectivity index (χ1) is 9.66. The molecule has 0 unspecified atom stereocenters. The third-order valence-electron chi connectivity index (χ3n) is 4.32. The summed E-state index contributed by atoms with van der Waals surface area (Å²) in [6.45, 7) is 7.56. The fourth-order valence-corrected chi connectivity index (χ4v) is 2.81. The minimum atomic E-state index is -0.958. The molecule has 0 spiro atoms. The highest BCUT2D eigenvalue weighted by Gasteiger charge is 2.65. The molecule has 1 fully saturated rings. The van der Waals surface area contributed by atoms with Gasteiger partial charge in [-0.3, -0.25) is 9.59 Å². The van der Waals surface area contributed by atoms with Crippen LogP contribution in [0.3, 0.4) is 0 Å². The second kappa shape index (κ2) is 5.06. The largest absolute Gasteiger partial charge is 0.506 e. The first kappa shape index (κ1) is 15.4. The van der Waals surface area contributed by atoms with Crippen molar-refractivity contribution in [2.24, 2.45) is 17.3 Å². The number of phenolic OH excluding ortho intramolecular Hbond substituents is 1. The Kier molecular flexibility index (Phi) is 3.70. The lowest BCUT2D eigenvalue weighted by Gasteiger charge is -2.12. The monoisotopic (exact) mass is 291 g/mol. The van der Waals surface area contributed by atoms with E-state index in [1.807, 2.05) is 13.8 Å². The maximum atomic E-state index is 12.3. The SMILES string of the molecule is CC(C)c1ccc(O)c(NC(=O)[C@@H]2[C@@H](C(=O)O)C2(C)C)c1. The molecule has 0 bridgehead atoms. The van der Waals surface area contributed by atoms with E-state index in [-0.39, 0.29) is 17.6 Å². The van der Waals surface area contributed by atoms with Crippen LogP contribution in [0.2, 0.25) is 0 Å². The number of benzene rings is 1. The normalized spacial score (nSPS) is 22.9. The van der Waals surface area contributed by atoms with Crippen LogP contribution in [0.5, 0.6) is 5.75 Å². The van der Waals surface area contributed by atoms with Crippen molar-refractivity contribution in [3.8, 4) is 5.75 Å². The van der Waals surface area contributed by atoms with Crippen molar-refractivity contribution >= 4 is 17.6 Å². The van der Waals surface area contributed by atoms with Crippen LogP contribution < -0.4 is 5.32 Å². The molecule has 0 radical (unpaired) electrons. The van der Waals surface area contributed by atoms with E-state index in [0.717, 1.165) is 5.56 Å². The molecule has 1 amide bonds. The van der Waals surface area contributed by atoms with E-state index in [2.05, 4.69) is 5.32 Å². The van der Waals surface area contributed by atoms with Crippen molar-refractivity contribution in [2.75, 3.05) is 5.32 Å². The minimum absolute atomic E-state index is 0.0157. The Hall–Kier alpha value is -2.04. The number of carboxylic acids is 1. The minimum Gasteiger partial charge on any atom is -0.506 e. The van der Waals surface area contributed by atoms with Gasteiger partial charge in [-0.1, -0.05) is 33.8 Å². The molecule has 2 rings (SSSR count). The van der Waals surface area contributed by atoms with Gasteiger partial charge in [-0.2, -0.15) is 0 Å². The number of phenols is 1. The fraction of sp³-hybridized carbons (Fsp3) is 0.500. The maximum absolute atomic E-state index is 12.3. The predicted octanol–water partition coefficient (Wildman–Crippen LogP) is 2.81. The molecular formula is C16H21NO4. The van der Waals surface area contributed by atoms with Gasteiger partial charge in [-0.25, -0.2) is 0 Å². The number of hydrogen-bond donors (Lipinski definition) is 3. The number of nitrogens with one attached hydrogen (secondary N) is 1. The van der Waals surface area contributed by atoms with Gasteiger partial charge in [0.25, 0.3) is 0 Å². The highest BCUT2D eigenvalue weighted by molar-refractivity contribution is 6.00. The van der Waals surface area contributed by atoms with E-state index in [1.165, 1.54) is 6.07 Å². The zero-order valence-corrected chi connectivity index (χ0v) is 12.7. The topological polar surface area (TPSA) is 86.6 Å². The first-order valence-electron chi connectivity index (χ1n) is 7.02. The summed E-state index contributed by atoms with van der Waals surface area (Å²) in [6, 6.07) is 5.07. The van der Waals surface area contributed by atoms with Crippen LogP contribution in [0.1, 0.15) is 39.2 Å². The summed E-state index contributed by atoms with van der Waals surface area (Å²) in [5, 5.41) is 21.6. The molecule has 2 atom stereocenters. The molecule has 0 saturated heterocycles. The Balaban J connectivity index is 2.18. The van der Waals surface area contributed by atoms with Crippen molar-refractivity contribution in [1.82, 2.24) is 0 Å². The summed E-state index contributed by atoms with van der Waals surface area (Å²) >= 11 is 0. The van der Waals surface area contributed by atoms with Crippen LogP contribution in [0.15, 0.2) is 18.2 Å². The number of carbonyl (C=O) groups is 2. The van der Waals surface area contributed by atoms with Crippen molar-refractivity contribution in [3.05, 3.63) is 23.8 Å². The first-order valence-corrected chi connectivity index (χ1v) is 7.02. The molecule has 0 aliphatic heterocycles. The lowest BCUT2D eigenvalue weighted by molar-refractivity contribution is -0.140. The molecule has 3 N–H and O–H groups in total. The van der Waals surface area contributed by atoms with E-state index in [4.69, 9.17) is 5.11 Å². The van der Waals surface area contributed by atoms with Crippen molar-refractivity contribution in [2.45, 2.75) is 33.6 Å². The Bertz CT molecular complexity index is 592. The summed E-state index contributed by atoms with van der Waals surface area (Å²) in [5.41, 5.74) is 0.771. The van der Waals surface area contributed by atoms with Gasteiger partial charge in [-0.05, 0) is 29.0 Å². The number of aromatic hydroxyl groups is 1. The van der Waals surface area contributed by atoms with E-state index >= 15 is 0 Å².